The molecule has 1 rings (SSSR count). The molecular formula is C21H36NO5P. The van der Waals surface area contributed by atoms with E-state index in [1.54, 1.807) is 0 Å². The molecule has 0 radical (unpaired) electrons. The predicted molar refractivity (Wildman–Crippen MR) is 113 cm³/mol. The Morgan fingerprint density at radius 1 is 1.04 bits per heavy atom. The van der Waals surface area contributed by atoms with Gasteiger partial charge in [0.15, 0.2) is 6.35 Å². The number of aryl methyl sites for hydroxylation is 1. The molecule has 0 unspecified atom stereocenters. The Labute approximate surface area is 169 Å². The summed E-state index contributed by atoms with van der Waals surface area (Å²) in [5, 5.41) is 2.74. The lowest BCUT2D eigenvalue weighted by atomic mass is 10.1. The molecule has 160 valence electrons. The number of ether oxygens (including phenoxy) is 2. The highest BCUT2D eigenvalue weighted by Crippen LogP contribution is 2.41. The topological polar surface area (TPSA) is 84.9 Å². The first-order chi connectivity index (χ1) is 13.5. The predicted octanol–water partition coefficient (Wildman–Crippen LogP) is 5.33. The van der Waals surface area contributed by atoms with Crippen molar-refractivity contribution in [3.63, 3.8) is 0 Å². The summed E-state index contributed by atoms with van der Waals surface area (Å²) in [7, 11) is -3.23. The van der Waals surface area contributed by atoms with Gasteiger partial charge in [0.2, 0.25) is 7.37 Å². The third kappa shape index (κ3) is 12.0. The minimum Gasteiger partial charge on any atom is -0.484 e. The summed E-state index contributed by atoms with van der Waals surface area (Å²) in [5.74, 6) is 0.601. The molecule has 0 fully saturated rings. The summed E-state index contributed by atoms with van der Waals surface area (Å²) in [5.41, 5.74) is 1.13. The van der Waals surface area contributed by atoms with Gasteiger partial charge in [-0.25, -0.2) is 4.79 Å². The lowest BCUT2D eigenvalue weighted by Crippen LogP contribution is -2.25. The van der Waals surface area contributed by atoms with E-state index in [2.05, 4.69) is 19.2 Å². The lowest BCUT2D eigenvalue weighted by molar-refractivity contribution is 0.144. The van der Waals surface area contributed by atoms with Gasteiger partial charge in [0.25, 0.3) is 0 Å². The van der Waals surface area contributed by atoms with E-state index in [0.29, 0.717) is 25.1 Å². The van der Waals surface area contributed by atoms with Gasteiger partial charge in [0.05, 0.1) is 6.61 Å². The number of benzene rings is 1. The fourth-order valence-electron chi connectivity index (χ4n) is 2.62. The number of rotatable bonds is 15. The van der Waals surface area contributed by atoms with E-state index in [0.717, 1.165) is 56.9 Å². The molecule has 28 heavy (non-hydrogen) atoms. The van der Waals surface area contributed by atoms with Crippen LogP contribution in [0.5, 0.6) is 5.75 Å². The van der Waals surface area contributed by atoms with Gasteiger partial charge in [-0.1, -0.05) is 51.7 Å². The lowest BCUT2D eigenvalue weighted by Gasteiger charge is -2.13. The van der Waals surface area contributed by atoms with E-state index in [-0.39, 0.29) is 12.4 Å². The van der Waals surface area contributed by atoms with Crippen LogP contribution in [-0.4, -0.2) is 36.6 Å². The number of amides is 1. The monoisotopic (exact) mass is 413 g/mol. The van der Waals surface area contributed by atoms with Crippen molar-refractivity contribution in [3.8, 4) is 5.75 Å². The van der Waals surface area contributed by atoms with Crippen LogP contribution in [0.4, 0.5) is 4.79 Å². The van der Waals surface area contributed by atoms with E-state index in [9.17, 15) is 14.3 Å². The second-order valence-electron chi connectivity index (χ2n) is 7.07. The van der Waals surface area contributed by atoms with Crippen LogP contribution < -0.4 is 10.1 Å². The molecule has 0 saturated carbocycles. The summed E-state index contributed by atoms with van der Waals surface area (Å²) < 4.78 is 22.6. The van der Waals surface area contributed by atoms with Gasteiger partial charge in [-0.3, -0.25) is 4.57 Å². The number of hydrogen-bond acceptors (Lipinski definition) is 4. The number of hydrogen-bond donors (Lipinski definition) is 2. The van der Waals surface area contributed by atoms with Crippen molar-refractivity contribution in [1.29, 1.82) is 0 Å². The number of carbonyl (C=O) groups is 1. The highest BCUT2D eigenvalue weighted by Gasteiger charge is 2.18. The first-order valence-corrected chi connectivity index (χ1v) is 12.4. The van der Waals surface area contributed by atoms with Gasteiger partial charge >= 0.3 is 6.09 Å². The van der Waals surface area contributed by atoms with Gasteiger partial charge in [0, 0.05) is 12.7 Å². The fourth-order valence-corrected chi connectivity index (χ4v) is 3.82. The number of alkyl carbamates (subject to hydrolysis) is 1. The third-order valence-corrected chi connectivity index (χ3v) is 5.91. The third-order valence-electron chi connectivity index (χ3n) is 4.36. The highest BCUT2D eigenvalue weighted by molar-refractivity contribution is 7.57. The molecule has 0 aromatic heterocycles. The zero-order chi connectivity index (χ0) is 20.7. The van der Waals surface area contributed by atoms with E-state index < -0.39 is 7.37 Å². The second-order valence-corrected chi connectivity index (χ2v) is 9.47. The molecule has 6 nitrogen and oxygen atoms in total. The molecule has 1 amide bonds. The molecule has 1 atom stereocenters. The molecule has 0 spiro atoms. The Balaban J connectivity index is 2.22. The minimum atomic E-state index is -3.23. The molecule has 0 bridgehead atoms. The van der Waals surface area contributed by atoms with Gasteiger partial charge < -0.3 is 19.7 Å². The van der Waals surface area contributed by atoms with E-state index in [1.165, 1.54) is 0 Å². The first-order valence-electron chi connectivity index (χ1n) is 10.4. The maximum atomic E-state index is 12.1. The van der Waals surface area contributed by atoms with Crippen LogP contribution in [0, 0.1) is 0 Å². The molecule has 1 aromatic carbocycles. The van der Waals surface area contributed by atoms with Crippen LogP contribution in [0.25, 0.3) is 0 Å². The van der Waals surface area contributed by atoms with Crippen molar-refractivity contribution in [2.24, 2.45) is 0 Å². The largest absolute Gasteiger partial charge is 0.484 e. The van der Waals surface area contributed by atoms with Crippen LogP contribution in [-0.2, 0) is 15.7 Å². The second kappa shape index (κ2) is 14.5. The normalized spacial score (nSPS) is 13.0. The Morgan fingerprint density at radius 3 is 2.43 bits per heavy atom. The molecule has 0 heterocycles. The first kappa shape index (κ1) is 24.5. The van der Waals surface area contributed by atoms with Crippen LogP contribution in [0.2, 0.25) is 0 Å². The average molecular weight is 413 g/mol. The molecule has 0 aliphatic carbocycles. The summed E-state index contributed by atoms with van der Waals surface area (Å²) in [6.07, 6.45) is 7.30. The molecular weight excluding hydrogens is 377 g/mol. The zero-order valence-electron chi connectivity index (χ0n) is 17.3. The maximum Gasteiger partial charge on any atom is 0.407 e. The van der Waals surface area contributed by atoms with E-state index in [1.807, 2.05) is 24.3 Å². The standard InChI is InChI=1S/C21H36NO5P/c1-3-5-7-8-17-28(24,25)18-27-20-13-11-19(12-14-20)10-9-15-22-21(23)26-16-6-4-2/h11-14H,3-10,15-18H2,1-2H3,(H,22,23)(H,24,25). The van der Waals surface area contributed by atoms with Crippen molar-refractivity contribution in [2.75, 3.05) is 25.7 Å². The summed E-state index contributed by atoms with van der Waals surface area (Å²) >= 11 is 0. The molecule has 2 N–H and O–H groups in total. The fraction of sp³-hybridized carbons (Fsp3) is 0.667. The van der Waals surface area contributed by atoms with Crippen LogP contribution in [0.1, 0.15) is 64.4 Å². The maximum absolute atomic E-state index is 12.1. The van der Waals surface area contributed by atoms with Crippen molar-refractivity contribution >= 4 is 13.5 Å². The molecule has 0 aliphatic rings. The van der Waals surface area contributed by atoms with Crippen molar-refractivity contribution in [2.45, 2.75) is 65.2 Å². The van der Waals surface area contributed by atoms with Crippen molar-refractivity contribution in [1.82, 2.24) is 5.32 Å². The molecule has 0 aliphatic heterocycles. The van der Waals surface area contributed by atoms with Crippen molar-refractivity contribution < 1.29 is 23.7 Å². The Kier molecular flexibility index (Phi) is 12.7. The van der Waals surface area contributed by atoms with Crippen LogP contribution >= 0.6 is 7.37 Å². The van der Waals surface area contributed by atoms with E-state index >= 15 is 0 Å². The van der Waals surface area contributed by atoms with Gasteiger partial charge in [-0.2, -0.15) is 0 Å². The average Bonchev–Trinajstić information content (AvgIpc) is 2.68. The number of nitrogens with one attached hydrogen (secondary N) is 1. The molecule has 7 heteroatoms. The summed E-state index contributed by atoms with van der Waals surface area (Å²) in [6.45, 7) is 5.19. The van der Waals surface area contributed by atoms with Crippen LogP contribution in [0.15, 0.2) is 24.3 Å². The number of carbonyl (C=O) groups excluding carboxylic acids is 1. The molecule has 1 aromatic rings. The van der Waals surface area contributed by atoms with Crippen LogP contribution in [0.3, 0.4) is 0 Å². The van der Waals surface area contributed by atoms with E-state index in [4.69, 9.17) is 9.47 Å². The highest BCUT2D eigenvalue weighted by atomic mass is 31.2. The quantitative estimate of drug-likeness (QED) is 0.300. The zero-order valence-corrected chi connectivity index (χ0v) is 18.2. The Hall–Kier alpha value is -1.52. The molecule has 0 saturated heterocycles. The SMILES string of the molecule is CCCCCC[P@@](=O)(O)COc1ccc(CCCNC(=O)OCCCC)cc1. The summed E-state index contributed by atoms with van der Waals surface area (Å²) in [6, 6.07) is 7.52. The number of unbranched alkanes of at least 4 members (excludes halogenated alkanes) is 4. The smallest absolute Gasteiger partial charge is 0.407 e. The van der Waals surface area contributed by atoms with Gasteiger partial charge in [-0.05, 0) is 43.4 Å². The van der Waals surface area contributed by atoms with Crippen molar-refractivity contribution in [3.05, 3.63) is 29.8 Å². The Morgan fingerprint density at radius 2 is 1.75 bits per heavy atom. The van der Waals surface area contributed by atoms with Gasteiger partial charge in [0.1, 0.15) is 5.75 Å². The minimum absolute atomic E-state index is 0.136. The summed E-state index contributed by atoms with van der Waals surface area (Å²) in [4.78, 5) is 21.4. The van der Waals surface area contributed by atoms with Gasteiger partial charge in [-0.15, -0.1) is 0 Å². The Bertz CT molecular complexity index is 591.